The van der Waals surface area contributed by atoms with Crippen LogP contribution >= 0.6 is 0 Å². The molecular formula is C9H8N2O3. The lowest BCUT2D eigenvalue weighted by Gasteiger charge is -2.18. The van der Waals surface area contributed by atoms with Crippen molar-refractivity contribution in [1.82, 2.24) is 0 Å². The molecule has 2 atom stereocenters. The van der Waals surface area contributed by atoms with Crippen molar-refractivity contribution in [3.05, 3.63) is 24.9 Å². The Bertz CT molecular complexity index is 312. The Balaban J connectivity index is 2.01. The minimum Gasteiger partial charge on any atom is -0.483 e. The van der Waals surface area contributed by atoms with Gasteiger partial charge in [-0.05, 0) is 0 Å². The van der Waals surface area contributed by atoms with Crippen molar-refractivity contribution in [2.45, 2.75) is 12.2 Å². The fourth-order valence-corrected chi connectivity index (χ4v) is 1.08. The lowest BCUT2D eigenvalue weighted by atomic mass is 10.1. The molecule has 0 bridgehead atoms. The van der Waals surface area contributed by atoms with Gasteiger partial charge in [0.05, 0.1) is 24.8 Å². The monoisotopic (exact) mass is 192 g/mol. The summed E-state index contributed by atoms with van der Waals surface area (Å²) in [5.41, 5.74) is 0. The third-order valence-corrected chi connectivity index (χ3v) is 1.75. The highest BCUT2D eigenvalue weighted by atomic mass is 16.5. The Morgan fingerprint density at radius 2 is 1.50 bits per heavy atom. The van der Waals surface area contributed by atoms with Crippen LogP contribution in [0.3, 0.4) is 0 Å². The van der Waals surface area contributed by atoms with E-state index in [1.807, 2.05) is 0 Å². The van der Waals surface area contributed by atoms with Crippen LogP contribution in [0.15, 0.2) is 34.9 Å². The Morgan fingerprint density at radius 3 is 1.86 bits per heavy atom. The Labute approximate surface area is 80.4 Å². The molecule has 0 spiro atoms. The van der Waals surface area contributed by atoms with E-state index in [4.69, 9.17) is 9.47 Å². The molecule has 2 aliphatic heterocycles. The molecule has 5 heteroatoms. The van der Waals surface area contributed by atoms with Crippen molar-refractivity contribution in [1.29, 1.82) is 0 Å². The Kier molecular flexibility index (Phi) is 2.40. The van der Waals surface area contributed by atoms with Crippen molar-refractivity contribution in [2.75, 3.05) is 0 Å². The number of ether oxygens (including phenoxy) is 2. The molecule has 0 aromatic rings. The van der Waals surface area contributed by atoms with E-state index in [1.54, 1.807) is 0 Å². The number of Topliss-reactive ketones (excluding diaryl/α,β-unsaturated/α-hetero) is 1. The first-order valence-electron chi connectivity index (χ1n) is 4.09. The largest absolute Gasteiger partial charge is 0.483 e. The summed E-state index contributed by atoms with van der Waals surface area (Å²) >= 11 is 0. The zero-order valence-electron chi connectivity index (χ0n) is 7.24. The fourth-order valence-electron chi connectivity index (χ4n) is 1.08. The summed E-state index contributed by atoms with van der Waals surface area (Å²) in [6.07, 6.45) is 7.19. The molecule has 0 radical (unpaired) electrons. The minimum absolute atomic E-state index is 0.216. The van der Waals surface area contributed by atoms with Crippen LogP contribution in [0.25, 0.3) is 0 Å². The molecule has 0 N–H and O–H groups in total. The van der Waals surface area contributed by atoms with Crippen molar-refractivity contribution < 1.29 is 14.3 Å². The predicted molar refractivity (Wildman–Crippen MR) is 50.0 cm³/mol. The van der Waals surface area contributed by atoms with Crippen molar-refractivity contribution >= 4 is 18.2 Å². The van der Waals surface area contributed by atoms with E-state index in [0.29, 0.717) is 0 Å². The normalized spacial score (nSPS) is 28.3. The second-order valence-electron chi connectivity index (χ2n) is 2.68. The topological polar surface area (TPSA) is 60.2 Å². The summed E-state index contributed by atoms with van der Waals surface area (Å²) in [6, 6.07) is 0. The molecule has 0 saturated heterocycles. The second-order valence-corrected chi connectivity index (χ2v) is 2.68. The molecule has 2 aliphatic rings. The van der Waals surface area contributed by atoms with Crippen LogP contribution in [-0.2, 0) is 14.3 Å². The van der Waals surface area contributed by atoms with Gasteiger partial charge < -0.3 is 9.47 Å². The van der Waals surface area contributed by atoms with Gasteiger partial charge in [-0.2, -0.15) is 0 Å². The van der Waals surface area contributed by atoms with Gasteiger partial charge in [-0.1, -0.05) is 0 Å². The summed E-state index contributed by atoms with van der Waals surface area (Å²) in [6.45, 7) is 0. The van der Waals surface area contributed by atoms with Gasteiger partial charge in [-0.3, -0.25) is 14.8 Å². The van der Waals surface area contributed by atoms with Gasteiger partial charge in [-0.15, -0.1) is 0 Å². The van der Waals surface area contributed by atoms with E-state index in [2.05, 4.69) is 9.98 Å². The van der Waals surface area contributed by atoms with E-state index >= 15 is 0 Å². The summed E-state index contributed by atoms with van der Waals surface area (Å²) in [7, 11) is 0. The predicted octanol–water partition coefficient (Wildman–Crippen LogP) is 0.437. The lowest BCUT2D eigenvalue weighted by molar-refractivity contribution is -0.129. The SMILES string of the molecule is O=C(C1C=NC=CO1)C1C=NC=CO1. The first-order valence-corrected chi connectivity index (χ1v) is 4.09. The second kappa shape index (κ2) is 3.87. The Morgan fingerprint density at radius 1 is 1.00 bits per heavy atom. The molecule has 5 nitrogen and oxygen atoms in total. The zero-order chi connectivity index (χ0) is 9.80. The number of hydrogen-bond donors (Lipinski definition) is 0. The summed E-state index contributed by atoms with van der Waals surface area (Å²) < 4.78 is 10.1. The van der Waals surface area contributed by atoms with Gasteiger partial charge in [0.1, 0.15) is 12.5 Å². The van der Waals surface area contributed by atoms with Crippen LogP contribution in [0.5, 0.6) is 0 Å². The highest BCUT2D eigenvalue weighted by Gasteiger charge is 2.27. The highest BCUT2D eigenvalue weighted by Crippen LogP contribution is 2.06. The molecule has 2 heterocycles. The van der Waals surface area contributed by atoms with Crippen molar-refractivity contribution in [2.24, 2.45) is 9.98 Å². The molecular weight excluding hydrogens is 184 g/mol. The number of carbonyl (C=O) groups excluding carboxylic acids is 1. The number of hydrogen-bond acceptors (Lipinski definition) is 5. The Hall–Kier alpha value is -1.91. The molecule has 0 aliphatic carbocycles. The lowest BCUT2D eigenvalue weighted by Crippen LogP contribution is -2.37. The smallest absolute Gasteiger partial charge is 0.224 e. The van der Waals surface area contributed by atoms with Crippen LogP contribution in [0.4, 0.5) is 0 Å². The molecule has 72 valence electrons. The molecule has 14 heavy (non-hydrogen) atoms. The maximum Gasteiger partial charge on any atom is 0.224 e. The van der Waals surface area contributed by atoms with Gasteiger partial charge in [-0.25, -0.2) is 0 Å². The maximum absolute atomic E-state index is 11.7. The minimum atomic E-state index is -0.678. The highest BCUT2D eigenvalue weighted by molar-refractivity contribution is 6.08. The average molecular weight is 192 g/mol. The van der Waals surface area contributed by atoms with Crippen LogP contribution < -0.4 is 0 Å². The summed E-state index contributed by atoms with van der Waals surface area (Å²) in [5.74, 6) is -0.216. The van der Waals surface area contributed by atoms with E-state index in [1.165, 1.54) is 37.4 Å². The van der Waals surface area contributed by atoms with E-state index in [-0.39, 0.29) is 5.78 Å². The van der Waals surface area contributed by atoms with E-state index < -0.39 is 12.2 Å². The zero-order valence-corrected chi connectivity index (χ0v) is 7.24. The first kappa shape index (κ1) is 8.68. The van der Waals surface area contributed by atoms with Crippen LogP contribution in [0.1, 0.15) is 0 Å². The molecule has 0 saturated carbocycles. The molecule has 0 aromatic heterocycles. The molecule has 0 fully saturated rings. The van der Waals surface area contributed by atoms with Gasteiger partial charge >= 0.3 is 0 Å². The summed E-state index contributed by atoms with van der Waals surface area (Å²) in [5, 5.41) is 0. The molecule has 0 amide bonds. The number of nitrogens with zero attached hydrogens (tertiary/aromatic N) is 2. The molecule has 0 aromatic carbocycles. The van der Waals surface area contributed by atoms with Crippen LogP contribution in [0, 0.1) is 0 Å². The first-order chi connectivity index (χ1) is 6.88. The van der Waals surface area contributed by atoms with E-state index in [9.17, 15) is 4.79 Å². The summed E-state index contributed by atoms with van der Waals surface area (Å²) in [4.78, 5) is 19.3. The van der Waals surface area contributed by atoms with Gasteiger partial charge in [0, 0.05) is 0 Å². The van der Waals surface area contributed by atoms with Crippen molar-refractivity contribution in [3.8, 4) is 0 Å². The molecule has 2 unspecified atom stereocenters. The fraction of sp³-hybridized carbons (Fsp3) is 0.222. The number of aliphatic imine (C=N–C) groups is 2. The van der Waals surface area contributed by atoms with Crippen molar-refractivity contribution in [3.63, 3.8) is 0 Å². The van der Waals surface area contributed by atoms with Gasteiger partial charge in [0.15, 0.2) is 12.2 Å². The number of carbonyl (C=O) groups is 1. The number of rotatable bonds is 2. The van der Waals surface area contributed by atoms with E-state index in [0.717, 1.165) is 0 Å². The standard InChI is InChI=1S/C9H8N2O3/c12-9(7-5-10-1-3-13-7)8-6-11-2-4-14-8/h1-8H. The van der Waals surface area contributed by atoms with Gasteiger partial charge in [0.2, 0.25) is 5.78 Å². The van der Waals surface area contributed by atoms with Crippen LogP contribution in [-0.4, -0.2) is 30.4 Å². The maximum atomic E-state index is 11.7. The van der Waals surface area contributed by atoms with Crippen LogP contribution in [0.2, 0.25) is 0 Å². The average Bonchev–Trinajstić information content (AvgIpc) is 2.30. The third kappa shape index (κ3) is 1.71. The van der Waals surface area contributed by atoms with Gasteiger partial charge in [0.25, 0.3) is 0 Å². The molecule has 2 rings (SSSR count). The quantitative estimate of drug-likeness (QED) is 0.637. The third-order valence-electron chi connectivity index (χ3n) is 1.75. The number of ketones is 1.